The number of pyridine rings is 2. The molecule has 1 aliphatic heterocycles. The maximum atomic E-state index is 14.6. The smallest absolute Gasteiger partial charge is 0.298 e. The Hall–Kier alpha value is -3.60. The van der Waals surface area contributed by atoms with Gasteiger partial charge in [-0.15, -0.1) is 0 Å². The van der Waals surface area contributed by atoms with Crippen molar-refractivity contribution in [2.45, 2.75) is 61.8 Å². The number of Topliss-reactive ketones (excluding diaryl/α,β-unsaturated/α-hetero) is 1. The molecule has 8 nitrogen and oxygen atoms in total. The largest absolute Gasteiger partial charge is 0.451 e. The van der Waals surface area contributed by atoms with E-state index in [1.54, 1.807) is 0 Å². The van der Waals surface area contributed by atoms with Gasteiger partial charge in [-0.05, 0) is 37.1 Å². The van der Waals surface area contributed by atoms with E-state index in [0.29, 0.717) is 16.7 Å². The topological polar surface area (TPSA) is 106 Å². The van der Waals surface area contributed by atoms with Gasteiger partial charge in [-0.1, -0.05) is 0 Å². The zero-order chi connectivity index (χ0) is 30.3. The molecule has 0 saturated carbocycles. The summed E-state index contributed by atoms with van der Waals surface area (Å²) in [4.78, 5) is 26.6. The second kappa shape index (κ2) is 11.0. The van der Waals surface area contributed by atoms with Crippen LogP contribution >= 0.6 is 0 Å². The molecule has 3 aromatic rings. The highest BCUT2D eigenvalue weighted by Gasteiger charge is 2.49. The van der Waals surface area contributed by atoms with Crippen LogP contribution in [0.25, 0.3) is 11.3 Å². The van der Waals surface area contributed by atoms with Gasteiger partial charge in [0.05, 0.1) is 29.5 Å². The van der Waals surface area contributed by atoms with Crippen LogP contribution in [0.2, 0.25) is 0 Å². The van der Waals surface area contributed by atoms with Crippen LogP contribution in [0.15, 0.2) is 48.0 Å². The summed E-state index contributed by atoms with van der Waals surface area (Å²) < 4.78 is 134. The lowest BCUT2D eigenvalue weighted by Gasteiger charge is -2.26. The van der Waals surface area contributed by atoms with Gasteiger partial charge in [-0.2, -0.15) is 30.6 Å². The van der Waals surface area contributed by atoms with Gasteiger partial charge in [0.25, 0.3) is 10.0 Å². The minimum Gasteiger partial charge on any atom is -0.298 e. The van der Waals surface area contributed by atoms with E-state index in [-0.39, 0.29) is 11.3 Å². The molecular formula is C24H19F8N5O3S. The fraction of sp³-hybridized carbons (Fsp3) is 0.375. The van der Waals surface area contributed by atoms with Crippen LogP contribution < -0.4 is 0 Å². The third kappa shape index (κ3) is 6.34. The van der Waals surface area contributed by atoms with E-state index in [1.807, 2.05) is 0 Å². The van der Waals surface area contributed by atoms with Crippen molar-refractivity contribution in [2.24, 2.45) is 0 Å². The highest BCUT2D eigenvalue weighted by molar-refractivity contribution is 7.89. The number of alkyl halides is 7. The molecule has 1 aliphatic rings. The number of rotatable bonds is 7. The normalized spacial score (nSPS) is 20.4. The van der Waals surface area contributed by atoms with Crippen molar-refractivity contribution in [1.82, 2.24) is 24.2 Å². The standard InChI is InChI=1S/C24H19F8N5O3S/c1-12-17(26)7-19(37(12)41(39,40)21-5-3-15(25)10-34-21)20(38)4-2-13-6-18(33-11-16(13)23(27,28)29)14-8-35-22(36-9-14)24(30,31)32/h3,5-6,8-12,17,19H,2,4,7H2,1H3/t12-,17+,19-/m0/s1. The number of carbonyl (C=O) groups is 1. The maximum absolute atomic E-state index is 14.6. The summed E-state index contributed by atoms with van der Waals surface area (Å²) in [6.45, 7) is 1.21. The van der Waals surface area contributed by atoms with Gasteiger partial charge >= 0.3 is 12.4 Å². The fourth-order valence-corrected chi connectivity index (χ4v) is 6.14. The summed E-state index contributed by atoms with van der Waals surface area (Å²) in [5.41, 5.74) is -2.04. The fourth-order valence-electron chi connectivity index (χ4n) is 4.39. The van der Waals surface area contributed by atoms with Crippen LogP contribution in [0.3, 0.4) is 0 Å². The summed E-state index contributed by atoms with van der Waals surface area (Å²) in [6, 6.07) is -0.335. The predicted molar refractivity (Wildman–Crippen MR) is 125 cm³/mol. The van der Waals surface area contributed by atoms with E-state index in [2.05, 4.69) is 19.9 Å². The first-order valence-corrected chi connectivity index (χ1v) is 13.2. The van der Waals surface area contributed by atoms with Gasteiger partial charge in [0.2, 0.25) is 5.82 Å². The van der Waals surface area contributed by atoms with Crippen molar-refractivity contribution in [1.29, 1.82) is 0 Å². The quantitative estimate of drug-likeness (QED) is 0.355. The number of halogens is 8. The molecule has 3 aromatic heterocycles. The lowest BCUT2D eigenvalue weighted by Crippen LogP contribution is -2.45. The van der Waals surface area contributed by atoms with Crippen LogP contribution in [0.1, 0.15) is 36.7 Å². The monoisotopic (exact) mass is 609 g/mol. The SMILES string of the molecule is C[C@H]1[C@H](F)C[C@@H](C(=O)CCc2cc(-c3cnc(C(F)(F)F)nc3)ncc2C(F)(F)F)N1S(=O)(=O)c1ccc(F)cn1. The molecule has 0 radical (unpaired) electrons. The van der Waals surface area contributed by atoms with Gasteiger partial charge < -0.3 is 0 Å². The molecule has 0 aromatic carbocycles. The van der Waals surface area contributed by atoms with Crippen molar-refractivity contribution in [3.63, 3.8) is 0 Å². The van der Waals surface area contributed by atoms with Crippen molar-refractivity contribution < 1.29 is 48.3 Å². The summed E-state index contributed by atoms with van der Waals surface area (Å²) in [7, 11) is -4.59. The highest BCUT2D eigenvalue weighted by Crippen LogP contribution is 2.36. The van der Waals surface area contributed by atoms with Crippen molar-refractivity contribution in [3.05, 3.63) is 65.8 Å². The molecule has 0 spiro atoms. The van der Waals surface area contributed by atoms with Gasteiger partial charge in [0.1, 0.15) is 12.0 Å². The molecule has 4 heterocycles. The summed E-state index contributed by atoms with van der Waals surface area (Å²) >= 11 is 0. The summed E-state index contributed by atoms with van der Waals surface area (Å²) in [5, 5.41) is -0.644. The summed E-state index contributed by atoms with van der Waals surface area (Å²) in [6.07, 6.45) is -10.8. The van der Waals surface area contributed by atoms with E-state index in [4.69, 9.17) is 0 Å². The third-order valence-corrected chi connectivity index (χ3v) is 8.34. The Labute approximate surface area is 227 Å². The number of aryl methyl sites for hydroxylation is 1. The molecule has 0 bridgehead atoms. The second-order valence-electron chi connectivity index (χ2n) is 9.14. The van der Waals surface area contributed by atoms with E-state index in [1.165, 1.54) is 6.92 Å². The number of ketones is 1. The Morgan fingerprint density at radius 2 is 1.63 bits per heavy atom. The minimum absolute atomic E-state index is 0.131. The Balaban J connectivity index is 1.61. The molecule has 1 fully saturated rings. The van der Waals surface area contributed by atoms with Crippen LogP contribution in [0.4, 0.5) is 35.1 Å². The molecule has 0 unspecified atom stereocenters. The molecule has 41 heavy (non-hydrogen) atoms. The molecule has 0 N–H and O–H groups in total. The molecular weight excluding hydrogens is 590 g/mol. The Kier molecular flexibility index (Phi) is 8.14. The van der Waals surface area contributed by atoms with Gasteiger partial charge in [-0.25, -0.2) is 32.2 Å². The lowest BCUT2D eigenvalue weighted by molar-refractivity contribution is -0.145. The van der Waals surface area contributed by atoms with Gasteiger partial charge in [-0.3, -0.25) is 9.78 Å². The average Bonchev–Trinajstić information content (AvgIpc) is 3.21. The molecule has 0 aliphatic carbocycles. The number of hydrogen-bond acceptors (Lipinski definition) is 7. The number of hydrogen-bond donors (Lipinski definition) is 0. The van der Waals surface area contributed by atoms with Crippen molar-refractivity contribution in [3.8, 4) is 11.3 Å². The molecule has 3 atom stereocenters. The summed E-state index contributed by atoms with van der Waals surface area (Å²) in [5.74, 6) is -3.19. The molecule has 1 saturated heterocycles. The van der Waals surface area contributed by atoms with Crippen LogP contribution in [-0.4, -0.2) is 56.7 Å². The second-order valence-corrected chi connectivity index (χ2v) is 10.9. The Morgan fingerprint density at radius 3 is 2.20 bits per heavy atom. The minimum atomic E-state index is -4.92. The van der Waals surface area contributed by atoms with E-state index < -0.39 is 93.5 Å². The maximum Gasteiger partial charge on any atom is 0.451 e. The predicted octanol–water partition coefficient (Wildman–Crippen LogP) is 4.80. The zero-order valence-corrected chi connectivity index (χ0v) is 21.6. The van der Waals surface area contributed by atoms with Crippen LogP contribution in [0.5, 0.6) is 0 Å². The van der Waals surface area contributed by atoms with Crippen LogP contribution in [-0.2, 0) is 33.6 Å². The number of nitrogens with zero attached hydrogens (tertiary/aromatic N) is 5. The first-order chi connectivity index (χ1) is 19.0. The Bertz CT molecular complexity index is 1530. The number of aromatic nitrogens is 4. The van der Waals surface area contributed by atoms with E-state index >= 15 is 0 Å². The van der Waals surface area contributed by atoms with Gasteiger partial charge in [0.15, 0.2) is 10.8 Å². The van der Waals surface area contributed by atoms with E-state index in [9.17, 15) is 48.3 Å². The average molecular weight is 609 g/mol. The lowest BCUT2D eigenvalue weighted by atomic mass is 9.98. The zero-order valence-electron chi connectivity index (χ0n) is 20.8. The molecule has 17 heteroatoms. The molecule has 4 rings (SSSR count). The van der Waals surface area contributed by atoms with Crippen molar-refractivity contribution >= 4 is 15.8 Å². The first kappa shape index (κ1) is 30.4. The number of carbonyl (C=O) groups excluding carboxylic acids is 1. The third-order valence-electron chi connectivity index (χ3n) is 6.43. The highest BCUT2D eigenvalue weighted by atomic mass is 32.2. The molecule has 220 valence electrons. The van der Waals surface area contributed by atoms with Gasteiger partial charge in [0, 0.05) is 37.0 Å². The van der Waals surface area contributed by atoms with Crippen molar-refractivity contribution in [2.75, 3.05) is 0 Å². The number of sulfonamides is 1. The van der Waals surface area contributed by atoms with Crippen LogP contribution in [0, 0.1) is 5.82 Å². The molecule has 0 amide bonds. The van der Waals surface area contributed by atoms with E-state index in [0.717, 1.165) is 30.6 Å². The Morgan fingerprint density at radius 1 is 0.976 bits per heavy atom. The first-order valence-electron chi connectivity index (χ1n) is 11.8.